The van der Waals surface area contributed by atoms with Gasteiger partial charge in [-0.25, -0.2) is 0 Å². The first kappa shape index (κ1) is 26.5. The van der Waals surface area contributed by atoms with Crippen molar-refractivity contribution in [1.29, 1.82) is 5.26 Å². The smallest absolute Gasteiger partial charge is 0.261 e. The second kappa shape index (κ2) is 13.7. The van der Waals surface area contributed by atoms with Crippen LogP contribution in [0.15, 0.2) is 81.2 Å². The normalized spacial score (nSPS) is 11.0. The first-order chi connectivity index (χ1) is 17.0. The summed E-state index contributed by atoms with van der Waals surface area (Å²) >= 11 is 6.97. The predicted octanol–water partition coefficient (Wildman–Crippen LogP) is 6.85. The highest BCUT2D eigenvalue weighted by molar-refractivity contribution is 9.10. The van der Waals surface area contributed by atoms with Crippen molar-refractivity contribution in [3.63, 3.8) is 0 Å². The van der Waals surface area contributed by atoms with E-state index < -0.39 is 5.91 Å². The molecule has 0 aromatic heterocycles. The maximum atomic E-state index is 12.6. The van der Waals surface area contributed by atoms with Crippen LogP contribution in [0.3, 0.4) is 0 Å². The van der Waals surface area contributed by atoms with E-state index in [1.807, 2.05) is 55.5 Å². The molecule has 0 saturated heterocycles. The Hall–Kier alpha value is -3.08. The van der Waals surface area contributed by atoms with Crippen molar-refractivity contribution in [2.75, 3.05) is 13.2 Å². The van der Waals surface area contributed by atoms with Gasteiger partial charge in [0.05, 0.1) is 6.61 Å². The van der Waals surface area contributed by atoms with Crippen molar-refractivity contribution in [2.45, 2.75) is 26.4 Å². The molecule has 3 aromatic carbocycles. The lowest BCUT2D eigenvalue weighted by Crippen LogP contribution is -2.25. The number of carbonyl (C=O) groups is 1. The van der Waals surface area contributed by atoms with E-state index in [0.717, 1.165) is 22.9 Å². The lowest BCUT2D eigenvalue weighted by Gasteiger charge is -2.14. The van der Waals surface area contributed by atoms with Gasteiger partial charge in [0.2, 0.25) is 0 Å². The number of hydrogen-bond donors (Lipinski definition) is 1. The number of nitrogens with one attached hydrogen (secondary N) is 1. The van der Waals surface area contributed by atoms with Crippen LogP contribution in [0.4, 0.5) is 0 Å². The molecule has 0 spiro atoms. The Morgan fingerprint density at radius 1 is 1.00 bits per heavy atom. The van der Waals surface area contributed by atoms with Gasteiger partial charge in [0, 0.05) is 15.5 Å². The highest BCUT2D eigenvalue weighted by Crippen LogP contribution is 2.35. The fourth-order valence-corrected chi connectivity index (χ4v) is 4.02. The Morgan fingerprint density at radius 3 is 2.40 bits per heavy atom. The molecule has 0 fully saturated rings. The number of aryl methyl sites for hydroxylation is 1. The number of halogens is 2. The molecule has 0 radical (unpaired) electrons. The first-order valence-electron chi connectivity index (χ1n) is 11.3. The summed E-state index contributed by atoms with van der Waals surface area (Å²) in [5.41, 5.74) is 2.91. The minimum absolute atomic E-state index is 0.0244. The summed E-state index contributed by atoms with van der Waals surface area (Å²) in [5.74, 6) is 0.711. The minimum atomic E-state index is -0.402. The quantitative estimate of drug-likeness (QED) is 0.149. The third-order valence-electron chi connectivity index (χ3n) is 5.11. The van der Waals surface area contributed by atoms with Crippen LogP contribution in [-0.4, -0.2) is 19.1 Å². The first-order valence-corrected chi connectivity index (χ1v) is 12.9. The van der Waals surface area contributed by atoms with Crippen molar-refractivity contribution < 1.29 is 14.3 Å². The number of ether oxygens (including phenoxy) is 2. The van der Waals surface area contributed by atoms with E-state index in [1.54, 1.807) is 18.2 Å². The third kappa shape index (κ3) is 8.27. The van der Waals surface area contributed by atoms with E-state index in [2.05, 4.69) is 49.3 Å². The molecular formula is C28H26Br2N2O3. The number of carbonyl (C=O) groups excluding carboxylic acids is 1. The lowest BCUT2D eigenvalue weighted by atomic mass is 10.1. The molecule has 1 amide bonds. The van der Waals surface area contributed by atoms with Gasteiger partial charge in [-0.2, -0.15) is 5.26 Å². The zero-order chi connectivity index (χ0) is 25.0. The van der Waals surface area contributed by atoms with Crippen molar-refractivity contribution in [1.82, 2.24) is 5.32 Å². The van der Waals surface area contributed by atoms with Gasteiger partial charge in [-0.15, -0.1) is 0 Å². The standard InChI is InChI=1S/C28H26Br2N2O3/c1-2-34-26-16-22(25(30)17-27(26)35-19-21-10-12-24(29)13-11-21)15-23(18-31)28(33)32-14-6-9-20-7-4-3-5-8-20/h3-5,7-8,10-13,15-17H,2,6,9,14,19H2,1H3,(H,32,33)/b23-15-. The number of rotatable bonds is 11. The molecule has 3 aromatic rings. The molecule has 0 heterocycles. The van der Waals surface area contributed by atoms with Gasteiger partial charge in [0.1, 0.15) is 18.2 Å². The molecule has 0 atom stereocenters. The van der Waals surface area contributed by atoms with Gasteiger partial charge in [-0.1, -0.05) is 74.3 Å². The van der Waals surface area contributed by atoms with Gasteiger partial charge in [-0.3, -0.25) is 4.79 Å². The molecule has 7 heteroatoms. The van der Waals surface area contributed by atoms with Crippen molar-refractivity contribution in [3.8, 4) is 17.6 Å². The second-order valence-corrected chi connectivity index (χ2v) is 9.45. The van der Waals surface area contributed by atoms with Gasteiger partial charge in [0.15, 0.2) is 11.5 Å². The summed E-state index contributed by atoms with van der Waals surface area (Å²) in [6.07, 6.45) is 3.20. The Morgan fingerprint density at radius 2 is 1.71 bits per heavy atom. The average molecular weight is 598 g/mol. The third-order valence-corrected chi connectivity index (χ3v) is 6.32. The molecule has 1 N–H and O–H groups in total. The molecule has 5 nitrogen and oxygen atoms in total. The number of benzene rings is 3. The minimum Gasteiger partial charge on any atom is -0.490 e. The zero-order valence-electron chi connectivity index (χ0n) is 19.4. The molecule has 180 valence electrons. The van der Waals surface area contributed by atoms with E-state index in [0.29, 0.717) is 41.3 Å². The molecule has 35 heavy (non-hydrogen) atoms. The average Bonchev–Trinajstić information content (AvgIpc) is 2.87. The Kier molecular flexibility index (Phi) is 10.4. The van der Waals surface area contributed by atoms with Crippen molar-refractivity contribution in [2.24, 2.45) is 0 Å². The lowest BCUT2D eigenvalue weighted by molar-refractivity contribution is -0.117. The summed E-state index contributed by atoms with van der Waals surface area (Å²) in [6, 6.07) is 23.5. The number of amides is 1. The number of nitriles is 1. The SMILES string of the molecule is CCOc1cc(/C=C(/C#N)C(=O)NCCCc2ccccc2)c(Br)cc1OCc1ccc(Br)cc1. The summed E-state index contributed by atoms with van der Waals surface area (Å²) in [4.78, 5) is 12.6. The van der Waals surface area contributed by atoms with Crippen molar-refractivity contribution >= 4 is 43.8 Å². The molecule has 0 unspecified atom stereocenters. The van der Waals surface area contributed by atoms with Gasteiger partial charge >= 0.3 is 0 Å². The van der Waals surface area contributed by atoms with E-state index >= 15 is 0 Å². The van der Waals surface area contributed by atoms with Crippen LogP contribution in [0.2, 0.25) is 0 Å². The highest BCUT2D eigenvalue weighted by Gasteiger charge is 2.14. The molecule has 0 aliphatic heterocycles. The number of hydrogen-bond acceptors (Lipinski definition) is 4. The molecule has 0 aliphatic rings. The highest BCUT2D eigenvalue weighted by atomic mass is 79.9. The van der Waals surface area contributed by atoms with Gasteiger partial charge in [0.25, 0.3) is 5.91 Å². The van der Waals surface area contributed by atoms with Gasteiger partial charge in [-0.05, 0) is 66.8 Å². The zero-order valence-corrected chi connectivity index (χ0v) is 22.6. The monoisotopic (exact) mass is 596 g/mol. The van der Waals surface area contributed by atoms with E-state index in [1.165, 1.54) is 5.56 Å². The van der Waals surface area contributed by atoms with Crippen LogP contribution in [0.5, 0.6) is 11.5 Å². The molecular weight excluding hydrogens is 572 g/mol. The van der Waals surface area contributed by atoms with Crippen molar-refractivity contribution in [3.05, 3.63) is 97.9 Å². The van der Waals surface area contributed by atoms with Crippen LogP contribution >= 0.6 is 31.9 Å². The van der Waals surface area contributed by atoms with Crippen LogP contribution in [0.25, 0.3) is 6.08 Å². The Balaban J connectivity index is 1.68. The maximum Gasteiger partial charge on any atom is 0.261 e. The Bertz CT molecular complexity index is 1200. The van der Waals surface area contributed by atoms with Crippen LogP contribution in [0.1, 0.15) is 30.0 Å². The maximum absolute atomic E-state index is 12.6. The largest absolute Gasteiger partial charge is 0.490 e. The van der Waals surface area contributed by atoms with E-state index in [4.69, 9.17) is 9.47 Å². The summed E-state index contributed by atoms with van der Waals surface area (Å²) < 4.78 is 13.5. The summed E-state index contributed by atoms with van der Waals surface area (Å²) in [7, 11) is 0. The van der Waals surface area contributed by atoms with Crippen LogP contribution < -0.4 is 14.8 Å². The van der Waals surface area contributed by atoms with Gasteiger partial charge < -0.3 is 14.8 Å². The fourth-order valence-electron chi connectivity index (χ4n) is 3.32. The van der Waals surface area contributed by atoms with Crippen LogP contribution in [0, 0.1) is 11.3 Å². The van der Waals surface area contributed by atoms with E-state index in [-0.39, 0.29) is 5.57 Å². The summed E-state index contributed by atoms with van der Waals surface area (Å²) in [5, 5.41) is 12.4. The predicted molar refractivity (Wildman–Crippen MR) is 145 cm³/mol. The Labute approximate surface area is 223 Å². The number of nitrogens with zero attached hydrogens (tertiary/aromatic N) is 1. The second-order valence-electron chi connectivity index (χ2n) is 7.68. The topological polar surface area (TPSA) is 71.3 Å². The molecule has 0 bridgehead atoms. The van der Waals surface area contributed by atoms with E-state index in [9.17, 15) is 10.1 Å². The molecule has 3 rings (SSSR count). The summed E-state index contributed by atoms with van der Waals surface area (Å²) in [6.45, 7) is 3.21. The molecule has 0 aliphatic carbocycles. The van der Waals surface area contributed by atoms with Crippen LogP contribution in [-0.2, 0) is 17.8 Å². The fraction of sp³-hybridized carbons (Fsp3) is 0.214. The molecule has 0 saturated carbocycles.